The summed E-state index contributed by atoms with van der Waals surface area (Å²) in [5.41, 5.74) is 0. The van der Waals surface area contributed by atoms with Gasteiger partial charge in [-0.1, -0.05) is 0 Å². The second kappa shape index (κ2) is 6.13. The van der Waals surface area contributed by atoms with Gasteiger partial charge in [-0.3, -0.25) is 0 Å². The first kappa shape index (κ1) is 11.6. The van der Waals surface area contributed by atoms with E-state index in [0.717, 1.165) is 6.20 Å². The largest absolute Gasteiger partial charge is 0.396 e. The first-order chi connectivity index (χ1) is 7.27. The van der Waals surface area contributed by atoms with Crippen LogP contribution in [0.15, 0.2) is 6.20 Å². The Morgan fingerprint density at radius 2 is 2.27 bits per heavy atom. The van der Waals surface area contributed by atoms with Crippen LogP contribution in [0.25, 0.3) is 0 Å². The van der Waals surface area contributed by atoms with Gasteiger partial charge in [-0.2, -0.15) is 4.98 Å². The van der Waals surface area contributed by atoms with Gasteiger partial charge >= 0.3 is 0 Å². The number of aromatic nitrogens is 2. The lowest BCUT2D eigenvalue weighted by molar-refractivity contribution is 0.292. The van der Waals surface area contributed by atoms with Gasteiger partial charge in [0, 0.05) is 19.7 Å². The van der Waals surface area contributed by atoms with E-state index in [1.165, 1.54) is 0 Å². The van der Waals surface area contributed by atoms with Crippen LogP contribution in [-0.2, 0) is 0 Å². The van der Waals surface area contributed by atoms with Crippen molar-refractivity contribution in [3.63, 3.8) is 0 Å². The Balaban J connectivity index is 2.63. The second-order valence-corrected chi connectivity index (χ2v) is 2.92. The third kappa shape index (κ3) is 3.67. The van der Waals surface area contributed by atoms with Crippen molar-refractivity contribution in [3.05, 3.63) is 12.0 Å². The molecule has 0 amide bonds. The summed E-state index contributed by atoms with van der Waals surface area (Å²) >= 11 is 0. The predicted octanol–water partition coefficient (Wildman–Crippen LogP) is 0.842. The lowest BCUT2D eigenvalue weighted by Crippen LogP contribution is -2.10. The maximum Gasteiger partial charge on any atom is 0.224 e. The van der Waals surface area contributed by atoms with Crippen molar-refractivity contribution in [2.75, 3.05) is 30.3 Å². The second-order valence-electron chi connectivity index (χ2n) is 2.92. The minimum absolute atomic E-state index is 0.0692. The Bertz CT molecular complexity index is 308. The maximum absolute atomic E-state index is 13.2. The van der Waals surface area contributed by atoms with Gasteiger partial charge in [0.1, 0.15) is 0 Å². The van der Waals surface area contributed by atoms with Crippen molar-refractivity contribution < 1.29 is 9.50 Å². The third-order valence-electron chi connectivity index (χ3n) is 1.71. The molecule has 0 fully saturated rings. The molecular formula is C9H15FN4O. The van der Waals surface area contributed by atoms with Crippen LogP contribution in [0.5, 0.6) is 0 Å². The number of hydrogen-bond donors (Lipinski definition) is 3. The van der Waals surface area contributed by atoms with Crippen molar-refractivity contribution in [3.8, 4) is 0 Å². The summed E-state index contributed by atoms with van der Waals surface area (Å²) in [6.07, 6.45) is 1.67. The molecule has 84 valence electrons. The highest BCUT2D eigenvalue weighted by molar-refractivity contribution is 5.40. The maximum atomic E-state index is 13.2. The van der Waals surface area contributed by atoms with Crippen LogP contribution >= 0.6 is 0 Å². The van der Waals surface area contributed by atoms with Gasteiger partial charge in [0.2, 0.25) is 5.95 Å². The van der Waals surface area contributed by atoms with Crippen molar-refractivity contribution in [2.24, 2.45) is 0 Å². The standard InChI is InChI=1S/C9H15FN4O/c1-2-11-9-13-6-7(10)8(14-9)12-4-3-5-15/h6,15H,2-5H2,1H3,(H2,11,12,13,14). The van der Waals surface area contributed by atoms with Gasteiger partial charge < -0.3 is 15.7 Å². The van der Waals surface area contributed by atoms with E-state index >= 15 is 0 Å². The number of nitrogens with zero attached hydrogens (tertiary/aromatic N) is 2. The molecule has 1 heterocycles. The summed E-state index contributed by atoms with van der Waals surface area (Å²) in [7, 11) is 0. The molecule has 0 spiro atoms. The average molecular weight is 214 g/mol. The van der Waals surface area contributed by atoms with E-state index in [1.54, 1.807) is 0 Å². The fraction of sp³-hybridized carbons (Fsp3) is 0.556. The molecule has 1 aromatic heterocycles. The molecule has 0 unspecified atom stereocenters. The van der Waals surface area contributed by atoms with Crippen LogP contribution in [0.1, 0.15) is 13.3 Å². The number of halogens is 1. The Hall–Kier alpha value is -1.43. The zero-order chi connectivity index (χ0) is 11.1. The average Bonchev–Trinajstić information content (AvgIpc) is 2.23. The number of aliphatic hydroxyl groups excluding tert-OH is 1. The molecular weight excluding hydrogens is 199 g/mol. The van der Waals surface area contributed by atoms with E-state index < -0.39 is 5.82 Å². The molecule has 0 aliphatic rings. The molecule has 0 aliphatic carbocycles. The normalized spacial score (nSPS) is 10.1. The lowest BCUT2D eigenvalue weighted by atomic mass is 10.4. The molecule has 5 nitrogen and oxygen atoms in total. The molecule has 1 rings (SSSR count). The molecule has 3 N–H and O–H groups in total. The van der Waals surface area contributed by atoms with E-state index in [0.29, 0.717) is 25.5 Å². The molecule has 0 bridgehead atoms. The zero-order valence-electron chi connectivity index (χ0n) is 8.63. The highest BCUT2D eigenvalue weighted by Gasteiger charge is 2.05. The van der Waals surface area contributed by atoms with E-state index in [-0.39, 0.29) is 12.4 Å². The molecule has 1 aromatic rings. The van der Waals surface area contributed by atoms with Gasteiger partial charge in [-0.05, 0) is 13.3 Å². The Morgan fingerprint density at radius 3 is 2.93 bits per heavy atom. The fourth-order valence-corrected chi connectivity index (χ4v) is 1.02. The number of hydrogen-bond acceptors (Lipinski definition) is 5. The molecule has 0 saturated heterocycles. The molecule has 0 atom stereocenters. The smallest absolute Gasteiger partial charge is 0.224 e. The monoisotopic (exact) mass is 214 g/mol. The number of aliphatic hydroxyl groups is 1. The Labute approximate surface area is 87.8 Å². The summed E-state index contributed by atoms with van der Waals surface area (Å²) in [6.45, 7) is 3.14. The van der Waals surface area contributed by atoms with Crippen LogP contribution in [0.4, 0.5) is 16.2 Å². The van der Waals surface area contributed by atoms with Crippen LogP contribution in [0.3, 0.4) is 0 Å². The fourth-order valence-electron chi connectivity index (χ4n) is 1.02. The van der Waals surface area contributed by atoms with Crippen LogP contribution in [0.2, 0.25) is 0 Å². The zero-order valence-corrected chi connectivity index (χ0v) is 8.63. The van der Waals surface area contributed by atoms with Crippen LogP contribution in [-0.4, -0.2) is 34.8 Å². The molecule has 0 aromatic carbocycles. The lowest BCUT2D eigenvalue weighted by Gasteiger charge is -2.07. The van der Waals surface area contributed by atoms with Gasteiger partial charge in [-0.15, -0.1) is 0 Å². The number of anilines is 2. The SMILES string of the molecule is CCNc1ncc(F)c(NCCCO)n1. The molecule has 6 heteroatoms. The van der Waals surface area contributed by atoms with E-state index in [9.17, 15) is 4.39 Å². The van der Waals surface area contributed by atoms with Crippen LogP contribution in [0, 0.1) is 5.82 Å². The van der Waals surface area contributed by atoms with Gasteiger partial charge in [0.15, 0.2) is 11.6 Å². The first-order valence-electron chi connectivity index (χ1n) is 4.89. The summed E-state index contributed by atoms with van der Waals surface area (Å²) in [5.74, 6) is 0.0643. The third-order valence-corrected chi connectivity index (χ3v) is 1.71. The minimum Gasteiger partial charge on any atom is -0.396 e. The highest BCUT2D eigenvalue weighted by atomic mass is 19.1. The van der Waals surface area contributed by atoms with E-state index in [1.807, 2.05) is 6.92 Å². The summed E-state index contributed by atoms with van der Waals surface area (Å²) in [4.78, 5) is 7.71. The van der Waals surface area contributed by atoms with Crippen molar-refractivity contribution in [1.82, 2.24) is 9.97 Å². The predicted molar refractivity (Wildman–Crippen MR) is 56.3 cm³/mol. The van der Waals surface area contributed by atoms with E-state index in [4.69, 9.17) is 5.11 Å². The molecule has 15 heavy (non-hydrogen) atoms. The summed E-state index contributed by atoms with van der Waals surface area (Å²) < 4.78 is 13.2. The number of rotatable bonds is 6. The van der Waals surface area contributed by atoms with Gasteiger partial charge in [0.05, 0.1) is 6.20 Å². The van der Waals surface area contributed by atoms with Gasteiger partial charge in [-0.25, -0.2) is 9.37 Å². The molecule has 0 saturated carbocycles. The summed E-state index contributed by atoms with van der Waals surface area (Å²) in [5, 5.41) is 14.2. The Morgan fingerprint density at radius 1 is 1.47 bits per heavy atom. The quantitative estimate of drug-likeness (QED) is 0.612. The summed E-state index contributed by atoms with van der Waals surface area (Å²) in [6, 6.07) is 0. The highest BCUT2D eigenvalue weighted by Crippen LogP contribution is 2.11. The first-order valence-corrected chi connectivity index (χ1v) is 4.89. The molecule has 0 radical (unpaired) electrons. The van der Waals surface area contributed by atoms with Gasteiger partial charge in [0.25, 0.3) is 0 Å². The van der Waals surface area contributed by atoms with Crippen molar-refractivity contribution >= 4 is 11.8 Å². The van der Waals surface area contributed by atoms with Crippen molar-refractivity contribution in [2.45, 2.75) is 13.3 Å². The van der Waals surface area contributed by atoms with Crippen molar-refractivity contribution in [1.29, 1.82) is 0 Å². The van der Waals surface area contributed by atoms with E-state index in [2.05, 4.69) is 20.6 Å². The molecule has 0 aliphatic heterocycles. The topological polar surface area (TPSA) is 70.1 Å². The van der Waals surface area contributed by atoms with Crippen LogP contribution < -0.4 is 10.6 Å². The minimum atomic E-state index is -0.491. The Kier molecular flexibility index (Phi) is 4.76. The number of nitrogens with one attached hydrogen (secondary N) is 2.